The summed E-state index contributed by atoms with van der Waals surface area (Å²) in [6.45, 7) is 2.02. The third kappa shape index (κ3) is 1.57. The maximum absolute atomic E-state index is 12.1. The zero-order valence-corrected chi connectivity index (χ0v) is 10.8. The first kappa shape index (κ1) is 12.4. The van der Waals surface area contributed by atoms with Crippen molar-refractivity contribution in [1.82, 2.24) is 0 Å². The fourth-order valence-electron chi connectivity index (χ4n) is 3.73. The monoisotopic (exact) mass is 264 g/mol. The van der Waals surface area contributed by atoms with Gasteiger partial charge in [0.05, 0.1) is 18.9 Å². The minimum Gasteiger partial charge on any atom is -0.466 e. The normalized spacial score (nSPS) is 39.7. The second-order valence-electron chi connectivity index (χ2n) is 5.33. The maximum atomic E-state index is 12.1. The molecule has 19 heavy (non-hydrogen) atoms. The van der Waals surface area contributed by atoms with Gasteiger partial charge in [-0.1, -0.05) is 12.2 Å². The third-order valence-corrected chi connectivity index (χ3v) is 4.45. The molecule has 2 fully saturated rings. The van der Waals surface area contributed by atoms with E-state index >= 15 is 0 Å². The largest absolute Gasteiger partial charge is 0.466 e. The van der Waals surface area contributed by atoms with Crippen LogP contribution in [0.15, 0.2) is 12.2 Å². The van der Waals surface area contributed by atoms with E-state index in [2.05, 4.69) is 0 Å². The van der Waals surface area contributed by atoms with Crippen LogP contribution in [-0.2, 0) is 23.9 Å². The van der Waals surface area contributed by atoms with E-state index in [4.69, 9.17) is 9.47 Å². The Labute approximate surface area is 110 Å². The van der Waals surface area contributed by atoms with Gasteiger partial charge in [0.1, 0.15) is 17.3 Å². The average Bonchev–Trinajstić information content (AvgIpc) is 2.82. The van der Waals surface area contributed by atoms with Gasteiger partial charge in [-0.05, 0) is 13.3 Å². The number of carbonyl (C=O) groups excluding carboxylic acids is 3. The minimum atomic E-state index is -0.977. The SMILES string of the molecule is CCOC(=O)[C@H]1CC=C[C@H]2CC(=O)[C@@H]3CC(=O)O[C@]123. The highest BCUT2D eigenvalue weighted by atomic mass is 16.6. The molecule has 0 aromatic heterocycles. The summed E-state index contributed by atoms with van der Waals surface area (Å²) in [7, 11) is 0. The van der Waals surface area contributed by atoms with Crippen LogP contribution in [0.25, 0.3) is 0 Å². The summed E-state index contributed by atoms with van der Waals surface area (Å²) in [5, 5.41) is 0. The summed E-state index contributed by atoms with van der Waals surface area (Å²) in [5.41, 5.74) is -0.977. The molecule has 3 rings (SSSR count). The van der Waals surface area contributed by atoms with Gasteiger partial charge in [-0.3, -0.25) is 14.4 Å². The fourth-order valence-corrected chi connectivity index (χ4v) is 3.73. The second-order valence-corrected chi connectivity index (χ2v) is 5.33. The Hall–Kier alpha value is -1.65. The van der Waals surface area contributed by atoms with E-state index < -0.39 is 17.4 Å². The Kier molecular flexibility index (Phi) is 2.73. The molecule has 0 bridgehead atoms. The molecule has 0 amide bonds. The number of esters is 2. The van der Waals surface area contributed by atoms with Crippen molar-refractivity contribution in [3.8, 4) is 0 Å². The molecule has 4 atom stereocenters. The van der Waals surface area contributed by atoms with E-state index in [0.29, 0.717) is 12.8 Å². The van der Waals surface area contributed by atoms with Crippen molar-refractivity contribution in [2.75, 3.05) is 6.61 Å². The molecule has 1 spiro atoms. The lowest BCUT2D eigenvalue weighted by Gasteiger charge is -2.39. The van der Waals surface area contributed by atoms with E-state index in [9.17, 15) is 14.4 Å². The first-order valence-electron chi connectivity index (χ1n) is 6.67. The first-order valence-corrected chi connectivity index (χ1v) is 6.67. The molecule has 0 radical (unpaired) electrons. The molecule has 1 heterocycles. The van der Waals surface area contributed by atoms with Crippen LogP contribution in [0.4, 0.5) is 0 Å². The lowest BCUT2D eigenvalue weighted by atomic mass is 9.70. The summed E-state index contributed by atoms with van der Waals surface area (Å²) >= 11 is 0. The predicted octanol–water partition coefficient (Wildman–Crippen LogP) is 1.02. The number of rotatable bonds is 2. The Morgan fingerprint density at radius 3 is 3.00 bits per heavy atom. The van der Waals surface area contributed by atoms with Crippen molar-refractivity contribution in [1.29, 1.82) is 0 Å². The molecular formula is C14H16O5. The Bertz CT molecular complexity index is 480. The molecule has 5 heteroatoms. The molecule has 0 N–H and O–H groups in total. The van der Waals surface area contributed by atoms with E-state index in [1.165, 1.54) is 0 Å². The quantitative estimate of drug-likeness (QED) is 0.550. The number of Topliss-reactive ketones (excluding diaryl/α,β-unsaturated/α-hetero) is 1. The average molecular weight is 264 g/mol. The van der Waals surface area contributed by atoms with E-state index in [0.717, 1.165) is 0 Å². The molecule has 0 aromatic rings. The predicted molar refractivity (Wildman–Crippen MR) is 63.9 cm³/mol. The number of ketones is 1. The summed E-state index contributed by atoms with van der Waals surface area (Å²) in [4.78, 5) is 35.8. The molecule has 2 aliphatic carbocycles. The van der Waals surface area contributed by atoms with Gasteiger partial charge in [0, 0.05) is 12.3 Å². The van der Waals surface area contributed by atoms with E-state index in [1.807, 2.05) is 12.2 Å². The summed E-state index contributed by atoms with van der Waals surface area (Å²) in [6.07, 6.45) is 4.71. The lowest BCUT2D eigenvalue weighted by Crippen LogP contribution is -2.51. The van der Waals surface area contributed by atoms with Gasteiger partial charge < -0.3 is 9.47 Å². The smallest absolute Gasteiger partial charge is 0.313 e. The minimum absolute atomic E-state index is 0.0247. The molecule has 1 aliphatic heterocycles. The van der Waals surface area contributed by atoms with Gasteiger partial charge in [0.15, 0.2) is 0 Å². The van der Waals surface area contributed by atoms with Gasteiger partial charge in [-0.15, -0.1) is 0 Å². The Morgan fingerprint density at radius 2 is 2.26 bits per heavy atom. The zero-order chi connectivity index (χ0) is 13.6. The Balaban J connectivity index is 2.02. The fraction of sp³-hybridized carbons (Fsp3) is 0.643. The molecule has 0 unspecified atom stereocenters. The summed E-state index contributed by atoms with van der Waals surface area (Å²) < 4.78 is 10.6. The standard InChI is InChI=1S/C14H16O5/c1-2-18-13(17)9-5-3-4-8-6-11(15)10-7-12(16)19-14(8,9)10/h3-4,8-10H,2,5-7H2,1H3/t8-,9+,10-,14-/m0/s1. The van der Waals surface area contributed by atoms with Crippen LogP contribution in [0.2, 0.25) is 0 Å². The highest BCUT2D eigenvalue weighted by molar-refractivity contribution is 5.94. The molecule has 102 valence electrons. The molecule has 1 saturated carbocycles. The molecular weight excluding hydrogens is 248 g/mol. The molecule has 0 aromatic carbocycles. The van der Waals surface area contributed by atoms with Crippen molar-refractivity contribution in [2.24, 2.45) is 17.8 Å². The molecule has 1 saturated heterocycles. The van der Waals surface area contributed by atoms with Gasteiger partial charge in [-0.2, -0.15) is 0 Å². The third-order valence-electron chi connectivity index (χ3n) is 4.45. The van der Waals surface area contributed by atoms with Crippen LogP contribution in [0.1, 0.15) is 26.2 Å². The number of hydrogen-bond donors (Lipinski definition) is 0. The number of ether oxygens (including phenoxy) is 2. The van der Waals surface area contributed by atoms with Crippen molar-refractivity contribution in [3.63, 3.8) is 0 Å². The number of allylic oxidation sites excluding steroid dienone is 1. The van der Waals surface area contributed by atoms with Gasteiger partial charge in [-0.25, -0.2) is 0 Å². The summed E-state index contributed by atoms with van der Waals surface area (Å²) in [6, 6.07) is 0. The van der Waals surface area contributed by atoms with Crippen LogP contribution < -0.4 is 0 Å². The summed E-state index contributed by atoms with van der Waals surface area (Å²) in [5.74, 6) is -1.94. The highest BCUT2D eigenvalue weighted by Crippen LogP contribution is 2.55. The first-order chi connectivity index (χ1) is 9.09. The van der Waals surface area contributed by atoms with Crippen molar-refractivity contribution in [3.05, 3.63) is 12.2 Å². The Morgan fingerprint density at radius 1 is 1.47 bits per heavy atom. The van der Waals surface area contributed by atoms with Crippen LogP contribution in [-0.4, -0.2) is 29.9 Å². The van der Waals surface area contributed by atoms with Gasteiger partial charge >= 0.3 is 11.9 Å². The lowest BCUT2D eigenvalue weighted by molar-refractivity contribution is -0.172. The topological polar surface area (TPSA) is 69.7 Å². The van der Waals surface area contributed by atoms with Gasteiger partial charge in [0.2, 0.25) is 0 Å². The second kappa shape index (κ2) is 4.18. The van der Waals surface area contributed by atoms with Crippen molar-refractivity contribution < 1.29 is 23.9 Å². The van der Waals surface area contributed by atoms with E-state index in [-0.39, 0.29) is 36.7 Å². The van der Waals surface area contributed by atoms with Crippen molar-refractivity contribution >= 4 is 17.7 Å². The molecule has 3 aliphatic rings. The van der Waals surface area contributed by atoms with Crippen LogP contribution >= 0.6 is 0 Å². The highest BCUT2D eigenvalue weighted by Gasteiger charge is 2.67. The zero-order valence-electron chi connectivity index (χ0n) is 10.8. The maximum Gasteiger partial charge on any atom is 0.313 e. The van der Waals surface area contributed by atoms with E-state index in [1.54, 1.807) is 6.92 Å². The van der Waals surface area contributed by atoms with Crippen molar-refractivity contribution in [2.45, 2.75) is 31.8 Å². The van der Waals surface area contributed by atoms with Crippen LogP contribution in [0.5, 0.6) is 0 Å². The van der Waals surface area contributed by atoms with Crippen LogP contribution in [0, 0.1) is 17.8 Å². The molecule has 5 nitrogen and oxygen atoms in total. The van der Waals surface area contributed by atoms with Crippen LogP contribution in [0.3, 0.4) is 0 Å². The number of hydrogen-bond acceptors (Lipinski definition) is 5. The number of carbonyl (C=O) groups is 3. The van der Waals surface area contributed by atoms with Gasteiger partial charge in [0.25, 0.3) is 0 Å².